The van der Waals surface area contributed by atoms with E-state index in [4.69, 9.17) is 0 Å². The summed E-state index contributed by atoms with van der Waals surface area (Å²) in [5.41, 5.74) is 3.75. The largest absolute Gasteiger partial charge is 0.507 e. The van der Waals surface area contributed by atoms with Gasteiger partial charge in [-0.25, -0.2) is 9.97 Å². The third-order valence-electron chi connectivity index (χ3n) is 4.91. The van der Waals surface area contributed by atoms with Crippen molar-refractivity contribution in [2.45, 2.75) is 70.2 Å². The van der Waals surface area contributed by atoms with E-state index in [1.807, 2.05) is 24.2 Å². The molecule has 29 heavy (non-hydrogen) atoms. The van der Waals surface area contributed by atoms with E-state index in [1.54, 1.807) is 6.20 Å². The Balaban J connectivity index is 0.00000300. The Morgan fingerprint density at radius 1 is 1.00 bits per heavy atom. The quantitative estimate of drug-likeness (QED) is 0.465. The van der Waals surface area contributed by atoms with Crippen molar-refractivity contribution < 1.29 is 10.6 Å². The van der Waals surface area contributed by atoms with Crippen molar-refractivity contribution in [3.8, 4) is 5.75 Å². The molecular formula is C23H33N3O2S. The first-order valence-corrected chi connectivity index (χ1v) is 10.8. The van der Waals surface area contributed by atoms with Crippen LogP contribution >= 0.6 is 11.8 Å². The van der Waals surface area contributed by atoms with Crippen molar-refractivity contribution >= 4 is 22.9 Å². The van der Waals surface area contributed by atoms with Gasteiger partial charge in [0.2, 0.25) is 0 Å². The topological polar surface area (TPSA) is 82.4 Å². The Morgan fingerprint density at radius 2 is 1.62 bits per heavy atom. The number of pyridine rings is 1. The number of benzene rings is 1. The number of fused-ring (bicyclic) bond motifs is 1. The molecule has 0 atom stereocenters. The van der Waals surface area contributed by atoms with Crippen LogP contribution < -0.4 is 0 Å². The fourth-order valence-corrected chi connectivity index (χ4v) is 4.25. The molecule has 0 unspecified atom stereocenters. The average molecular weight is 416 g/mol. The van der Waals surface area contributed by atoms with E-state index in [2.05, 4.69) is 74.3 Å². The van der Waals surface area contributed by atoms with Crippen LogP contribution in [0.3, 0.4) is 0 Å². The highest BCUT2D eigenvalue weighted by Gasteiger charge is 2.26. The molecule has 0 radical (unpaired) electrons. The lowest BCUT2D eigenvalue weighted by Crippen LogP contribution is -2.17. The van der Waals surface area contributed by atoms with Crippen molar-refractivity contribution in [1.82, 2.24) is 14.5 Å². The minimum atomic E-state index is -0.0939. The fraction of sp³-hybridized carbons (Fsp3) is 0.478. The van der Waals surface area contributed by atoms with Crippen LogP contribution in [-0.2, 0) is 17.4 Å². The standard InChI is InChI=1S/C23H31N3OS.H2O/c1-22(2,3)17-13-16(14-18(20(17)27)23(4,5)6)28-12-8-11-26-15-25-21-19(26)9-7-10-24-21;/h7,9-10,13-15,27H,8,11-12H2,1-6H3;1H2. The van der Waals surface area contributed by atoms with Gasteiger partial charge in [-0.05, 0) is 47.3 Å². The van der Waals surface area contributed by atoms with Crippen LogP contribution in [0.25, 0.3) is 11.2 Å². The number of hydrogen-bond acceptors (Lipinski definition) is 4. The van der Waals surface area contributed by atoms with E-state index in [-0.39, 0.29) is 16.3 Å². The number of hydrogen-bond donors (Lipinski definition) is 1. The Hall–Kier alpha value is -2.05. The summed E-state index contributed by atoms with van der Waals surface area (Å²) in [4.78, 5) is 9.88. The molecule has 3 N–H and O–H groups in total. The molecule has 0 aliphatic carbocycles. The Kier molecular flexibility index (Phi) is 7.01. The van der Waals surface area contributed by atoms with Crippen LogP contribution in [0.1, 0.15) is 59.1 Å². The molecule has 0 amide bonds. The first kappa shape index (κ1) is 23.2. The van der Waals surface area contributed by atoms with Crippen LogP contribution in [0.2, 0.25) is 0 Å². The third-order valence-corrected chi connectivity index (χ3v) is 5.97. The number of nitrogens with zero attached hydrogens (tertiary/aromatic N) is 3. The molecule has 0 aliphatic heterocycles. The van der Waals surface area contributed by atoms with Crippen LogP contribution in [-0.4, -0.2) is 30.9 Å². The SMILES string of the molecule is CC(C)(C)c1cc(SCCCn2cnc3ncccc32)cc(C(C)(C)C)c1O.O. The predicted octanol–water partition coefficient (Wildman–Crippen LogP) is 5.09. The molecule has 2 aromatic heterocycles. The number of phenols is 1. The van der Waals surface area contributed by atoms with E-state index < -0.39 is 0 Å². The maximum absolute atomic E-state index is 10.9. The number of aromatic hydroxyl groups is 1. The summed E-state index contributed by atoms with van der Waals surface area (Å²) in [6.07, 6.45) is 4.69. The predicted molar refractivity (Wildman–Crippen MR) is 122 cm³/mol. The normalized spacial score (nSPS) is 12.2. The first-order chi connectivity index (χ1) is 13.1. The minimum Gasteiger partial charge on any atom is -0.507 e. The highest BCUT2D eigenvalue weighted by molar-refractivity contribution is 7.99. The van der Waals surface area contributed by atoms with E-state index in [0.29, 0.717) is 5.75 Å². The zero-order chi connectivity index (χ0) is 20.5. The molecule has 1 aromatic carbocycles. The molecule has 0 saturated carbocycles. The van der Waals surface area contributed by atoms with Gasteiger partial charge < -0.3 is 15.1 Å². The molecule has 0 saturated heterocycles. The number of thioether (sulfide) groups is 1. The molecule has 158 valence electrons. The number of aryl methyl sites for hydroxylation is 1. The molecule has 3 rings (SSSR count). The van der Waals surface area contributed by atoms with Gasteiger partial charge in [-0.1, -0.05) is 41.5 Å². The molecule has 0 fully saturated rings. The second-order valence-electron chi connectivity index (χ2n) is 9.35. The smallest absolute Gasteiger partial charge is 0.177 e. The highest BCUT2D eigenvalue weighted by atomic mass is 32.2. The average Bonchev–Trinajstić information content (AvgIpc) is 3.01. The third kappa shape index (κ3) is 5.31. The number of imidazole rings is 1. The fourth-order valence-electron chi connectivity index (χ4n) is 3.34. The van der Waals surface area contributed by atoms with Crippen molar-refractivity contribution in [2.24, 2.45) is 0 Å². The van der Waals surface area contributed by atoms with E-state index in [0.717, 1.165) is 41.0 Å². The lowest BCUT2D eigenvalue weighted by atomic mass is 9.79. The maximum atomic E-state index is 10.9. The first-order valence-electron chi connectivity index (χ1n) is 9.84. The Labute approximate surface area is 177 Å². The van der Waals surface area contributed by atoms with Gasteiger partial charge in [0.25, 0.3) is 0 Å². The summed E-state index contributed by atoms with van der Waals surface area (Å²) in [6, 6.07) is 8.33. The van der Waals surface area contributed by atoms with Crippen LogP contribution in [0.15, 0.2) is 41.7 Å². The Morgan fingerprint density at radius 3 is 2.21 bits per heavy atom. The van der Waals surface area contributed by atoms with Crippen molar-refractivity contribution in [3.63, 3.8) is 0 Å². The zero-order valence-corrected chi connectivity index (χ0v) is 19.1. The molecular weight excluding hydrogens is 382 g/mol. The lowest BCUT2D eigenvalue weighted by Gasteiger charge is -2.28. The summed E-state index contributed by atoms with van der Waals surface area (Å²) in [7, 11) is 0. The van der Waals surface area contributed by atoms with Crippen LogP contribution in [0.5, 0.6) is 5.75 Å². The minimum absolute atomic E-state index is 0. The van der Waals surface area contributed by atoms with Gasteiger partial charge in [-0.3, -0.25) is 0 Å². The number of aromatic nitrogens is 3. The molecule has 5 nitrogen and oxygen atoms in total. The Bertz CT molecular complexity index is 933. The summed E-state index contributed by atoms with van der Waals surface area (Å²) >= 11 is 1.86. The van der Waals surface area contributed by atoms with E-state index in [9.17, 15) is 5.11 Å². The molecule has 0 bridgehead atoms. The van der Waals surface area contributed by atoms with E-state index >= 15 is 0 Å². The molecule has 2 heterocycles. The van der Waals surface area contributed by atoms with E-state index in [1.165, 1.54) is 4.90 Å². The summed E-state index contributed by atoms with van der Waals surface area (Å²) in [5, 5.41) is 10.9. The lowest BCUT2D eigenvalue weighted by molar-refractivity contribution is 0.422. The van der Waals surface area contributed by atoms with Gasteiger partial charge in [0, 0.05) is 28.8 Å². The molecule has 0 spiro atoms. The second kappa shape index (κ2) is 8.76. The van der Waals surface area contributed by atoms with Gasteiger partial charge in [0.05, 0.1) is 11.8 Å². The van der Waals surface area contributed by atoms with Gasteiger partial charge in [0.1, 0.15) is 5.75 Å². The molecule has 6 heteroatoms. The van der Waals surface area contributed by atoms with Gasteiger partial charge >= 0.3 is 0 Å². The number of rotatable bonds is 5. The highest BCUT2D eigenvalue weighted by Crippen LogP contribution is 2.41. The van der Waals surface area contributed by atoms with Crippen molar-refractivity contribution in [1.29, 1.82) is 0 Å². The number of phenolic OH excluding ortho intramolecular Hbond substituents is 1. The maximum Gasteiger partial charge on any atom is 0.177 e. The van der Waals surface area contributed by atoms with Gasteiger partial charge in [0.15, 0.2) is 5.65 Å². The van der Waals surface area contributed by atoms with Gasteiger partial charge in [-0.2, -0.15) is 0 Å². The second-order valence-corrected chi connectivity index (χ2v) is 10.5. The van der Waals surface area contributed by atoms with Crippen molar-refractivity contribution in [3.05, 3.63) is 47.9 Å². The molecule has 3 aromatic rings. The molecule has 0 aliphatic rings. The summed E-state index contributed by atoms with van der Waals surface area (Å²) in [5.74, 6) is 1.46. The summed E-state index contributed by atoms with van der Waals surface area (Å²) in [6.45, 7) is 13.8. The van der Waals surface area contributed by atoms with Crippen LogP contribution in [0.4, 0.5) is 0 Å². The summed E-state index contributed by atoms with van der Waals surface area (Å²) < 4.78 is 2.17. The van der Waals surface area contributed by atoms with Crippen molar-refractivity contribution in [2.75, 3.05) is 5.75 Å². The van der Waals surface area contributed by atoms with Gasteiger partial charge in [-0.15, -0.1) is 11.8 Å². The van der Waals surface area contributed by atoms with Crippen LogP contribution in [0, 0.1) is 0 Å². The monoisotopic (exact) mass is 415 g/mol. The zero-order valence-electron chi connectivity index (χ0n) is 18.3.